The molecule has 0 saturated carbocycles. The third-order valence-electron chi connectivity index (χ3n) is 3.76. The molecule has 0 fully saturated rings. The van der Waals surface area contributed by atoms with Crippen LogP contribution in [0.5, 0.6) is 5.75 Å². The first-order chi connectivity index (χ1) is 14.5. The third kappa shape index (κ3) is 8.25. The third-order valence-corrected chi connectivity index (χ3v) is 5.74. The van der Waals surface area contributed by atoms with Gasteiger partial charge < -0.3 is 14.8 Å². The van der Waals surface area contributed by atoms with Crippen LogP contribution < -0.4 is 20.1 Å². The molecule has 3 N–H and O–H groups in total. The highest BCUT2D eigenvalue weighted by Gasteiger charge is 2.21. The summed E-state index contributed by atoms with van der Waals surface area (Å²) in [6, 6.07) is 12.7. The van der Waals surface area contributed by atoms with Crippen LogP contribution in [0.15, 0.2) is 53.4 Å². The van der Waals surface area contributed by atoms with Crippen LogP contribution in [0.25, 0.3) is 0 Å². The zero-order chi connectivity index (χ0) is 23.1. The van der Waals surface area contributed by atoms with Crippen LogP contribution >= 0.6 is 12.2 Å². The Morgan fingerprint density at radius 2 is 1.61 bits per heavy atom. The molecule has 0 heterocycles. The average molecular weight is 466 g/mol. The van der Waals surface area contributed by atoms with Crippen LogP contribution in [0.1, 0.15) is 31.1 Å². The molecule has 2 aromatic rings. The van der Waals surface area contributed by atoms with Crippen molar-refractivity contribution >= 4 is 38.9 Å². The normalized spacial score (nSPS) is 11.6. The summed E-state index contributed by atoms with van der Waals surface area (Å²) in [6.45, 7) is 6.20. The average Bonchev–Trinajstić information content (AvgIpc) is 2.67. The van der Waals surface area contributed by atoms with Crippen molar-refractivity contribution < 1.29 is 22.7 Å². The molecule has 0 saturated heterocycles. The Bertz CT molecular complexity index is 999. The van der Waals surface area contributed by atoms with Gasteiger partial charge >= 0.3 is 0 Å². The monoisotopic (exact) mass is 465 g/mol. The van der Waals surface area contributed by atoms with Crippen molar-refractivity contribution in [2.45, 2.75) is 31.2 Å². The largest absolute Gasteiger partial charge is 0.491 e. The quantitative estimate of drug-likeness (QED) is 0.407. The minimum absolute atomic E-state index is 0.0915. The minimum atomic E-state index is -3.63. The van der Waals surface area contributed by atoms with Gasteiger partial charge in [-0.25, -0.2) is 13.1 Å². The number of thiocarbonyl (C=S) groups is 1. The maximum Gasteiger partial charge on any atom is 0.257 e. The molecule has 2 rings (SSSR count). The van der Waals surface area contributed by atoms with E-state index >= 15 is 0 Å². The number of carbonyl (C=O) groups excluding carboxylic acids is 1. The molecule has 0 aliphatic heterocycles. The number of carbonyl (C=O) groups is 1. The molecule has 168 valence electrons. The van der Waals surface area contributed by atoms with E-state index in [2.05, 4.69) is 15.4 Å². The van der Waals surface area contributed by atoms with Gasteiger partial charge in [0.05, 0.1) is 11.5 Å². The van der Waals surface area contributed by atoms with Gasteiger partial charge in [-0.3, -0.25) is 10.1 Å². The molecule has 0 radical (unpaired) electrons. The van der Waals surface area contributed by atoms with Gasteiger partial charge in [-0.1, -0.05) is 0 Å². The fourth-order valence-corrected chi connectivity index (χ4v) is 4.09. The number of hydrogen-bond donors (Lipinski definition) is 3. The molecule has 2 aromatic carbocycles. The zero-order valence-electron chi connectivity index (χ0n) is 17.9. The van der Waals surface area contributed by atoms with Gasteiger partial charge in [-0.05, 0) is 81.5 Å². The van der Waals surface area contributed by atoms with Crippen molar-refractivity contribution in [2.75, 3.05) is 25.6 Å². The molecule has 0 spiro atoms. The van der Waals surface area contributed by atoms with Gasteiger partial charge in [-0.2, -0.15) is 0 Å². The number of ether oxygens (including phenoxy) is 2. The second-order valence-corrected chi connectivity index (χ2v) is 9.74. The SMILES string of the molecule is COCCOc1ccc(C(=O)NC(=S)Nc2ccc(S(=O)(=O)NC(C)(C)C)cc2)cc1. The molecule has 0 aliphatic carbocycles. The fourth-order valence-electron chi connectivity index (χ4n) is 2.46. The van der Waals surface area contributed by atoms with Crippen molar-refractivity contribution in [3.63, 3.8) is 0 Å². The lowest BCUT2D eigenvalue weighted by Gasteiger charge is -2.20. The zero-order valence-corrected chi connectivity index (χ0v) is 19.5. The molecule has 0 bridgehead atoms. The summed E-state index contributed by atoms with van der Waals surface area (Å²) < 4.78 is 37.7. The summed E-state index contributed by atoms with van der Waals surface area (Å²) in [5, 5.41) is 5.53. The van der Waals surface area contributed by atoms with E-state index in [1.165, 1.54) is 12.1 Å². The van der Waals surface area contributed by atoms with Gasteiger partial charge in [0.2, 0.25) is 10.0 Å². The van der Waals surface area contributed by atoms with Gasteiger partial charge in [0.1, 0.15) is 12.4 Å². The first-order valence-corrected chi connectivity index (χ1v) is 11.4. The van der Waals surface area contributed by atoms with Crippen molar-refractivity contribution in [1.29, 1.82) is 0 Å². The molecule has 1 amide bonds. The van der Waals surface area contributed by atoms with Crippen LogP contribution in [0.3, 0.4) is 0 Å². The fraction of sp³-hybridized carbons (Fsp3) is 0.333. The Hall–Kier alpha value is -2.53. The molecule has 0 aliphatic rings. The Balaban J connectivity index is 1.93. The first kappa shape index (κ1) is 24.7. The van der Waals surface area contributed by atoms with Gasteiger partial charge in [0.25, 0.3) is 5.91 Å². The molecule has 0 unspecified atom stereocenters. The van der Waals surface area contributed by atoms with E-state index < -0.39 is 15.6 Å². The summed E-state index contributed by atoms with van der Waals surface area (Å²) >= 11 is 5.17. The van der Waals surface area contributed by atoms with Crippen LogP contribution in [0, 0.1) is 0 Å². The van der Waals surface area contributed by atoms with Crippen LogP contribution in [0.2, 0.25) is 0 Å². The predicted molar refractivity (Wildman–Crippen MR) is 124 cm³/mol. The van der Waals surface area contributed by atoms with Crippen LogP contribution in [0.4, 0.5) is 5.69 Å². The molecule has 0 aromatic heterocycles. The number of sulfonamides is 1. The Morgan fingerprint density at radius 1 is 1.00 bits per heavy atom. The van der Waals surface area contributed by atoms with E-state index in [0.29, 0.717) is 30.2 Å². The van der Waals surface area contributed by atoms with E-state index in [1.54, 1.807) is 64.3 Å². The van der Waals surface area contributed by atoms with E-state index in [-0.39, 0.29) is 15.9 Å². The number of anilines is 1. The van der Waals surface area contributed by atoms with E-state index in [4.69, 9.17) is 21.7 Å². The molecule has 31 heavy (non-hydrogen) atoms. The number of rotatable bonds is 8. The summed E-state index contributed by atoms with van der Waals surface area (Å²) in [5.41, 5.74) is 0.371. The first-order valence-electron chi connectivity index (χ1n) is 9.48. The van der Waals surface area contributed by atoms with Gasteiger partial charge in [-0.15, -0.1) is 0 Å². The number of amides is 1. The number of hydrogen-bond acceptors (Lipinski definition) is 6. The number of methoxy groups -OCH3 is 1. The van der Waals surface area contributed by atoms with Crippen molar-refractivity contribution in [2.24, 2.45) is 0 Å². The van der Waals surface area contributed by atoms with Crippen molar-refractivity contribution in [1.82, 2.24) is 10.0 Å². The Kier molecular flexibility index (Phi) is 8.52. The lowest BCUT2D eigenvalue weighted by atomic mass is 10.1. The highest BCUT2D eigenvalue weighted by atomic mass is 32.2. The van der Waals surface area contributed by atoms with Gasteiger partial charge in [0, 0.05) is 23.9 Å². The number of benzene rings is 2. The van der Waals surface area contributed by atoms with Gasteiger partial charge in [0.15, 0.2) is 5.11 Å². The van der Waals surface area contributed by atoms with Crippen molar-refractivity contribution in [3.05, 3.63) is 54.1 Å². The lowest BCUT2D eigenvalue weighted by Crippen LogP contribution is -2.40. The summed E-state index contributed by atoms with van der Waals surface area (Å²) in [7, 11) is -2.04. The second kappa shape index (κ2) is 10.7. The predicted octanol–water partition coefficient (Wildman–Crippen LogP) is 2.92. The highest BCUT2D eigenvalue weighted by molar-refractivity contribution is 7.89. The van der Waals surface area contributed by atoms with Crippen LogP contribution in [-0.4, -0.2) is 45.3 Å². The molecule has 0 atom stereocenters. The Morgan fingerprint density at radius 3 is 2.16 bits per heavy atom. The maximum absolute atomic E-state index is 12.4. The lowest BCUT2D eigenvalue weighted by molar-refractivity contribution is 0.0977. The molecular formula is C21H27N3O5S2. The van der Waals surface area contributed by atoms with E-state index in [0.717, 1.165) is 0 Å². The standard InChI is InChI=1S/C21H27N3O5S2/c1-21(2,3)24-31(26,27)18-11-7-16(8-12-18)22-20(30)23-19(25)15-5-9-17(10-6-15)29-14-13-28-4/h5-12,24H,13-14H2,1-4H3,(H2,22,23,25,30). The molecule has 8 nitrogen and oxygen atoms in total. The van der Waals surface area contributed by atoms with Crippen LogP contribution in [-0.2, 0) is 14.8 Å². The highest BCUT2D eigenvalue weighted by Crippen LogP contribution is 2.16. The summed E-state index contributed by atoms with van der Waals surface area (Å²) in [5.74, 6) is 0.250. The smallest absolute Gasteiger partial charge is 0.257 e. The Labute approximate surface area is 188 Å². The van der Waals surface area contributed by atoms with E-state index in [9.17, 15) is 13.2 Å². The molecular weight excluding hydrogens is 438 g/mol. The molecule has 10 heteroatoms. The number of nitrogens with one attached hydrogen (secondary N) is 3. The minimum Gasteiger partial charge on any atom is -0.491 e. The van der Waals surface area contributed by atoms with E-state index in [1.807, 2.05) is 0 Å². The maximum atomic E-state index is 12.4. The second-order valence-electron chi connectivity index (χ2n) is 7.65. The summed E-state index contributed by atoms with van der Waals surface area (Å²) in [4.78, 5) is 12.5. The topological polar surface area (TPSA) is 106 Å². The summed E-state index contributed by atoms with van der Waals surface area (Å²) in [6.07, 6.45) is 0. The van der Waals surface area contributed by atoms with Crippen molar-refractivity contribution in [3.8, 4) is 5.75 Å².